The van der Waals surface area contributed by atoms with Gasteiger partial charge in [0.25, 0.3) is 5.91 Å². The van der Waals surface area contributed by atoms with Crippen molar-refractivity contribution in [1.29, 1.82) is 0 Å². The molecule has 1 amide bonds. The standard InChI is InChI=1S/C15H16ClN3O3S/c1-10(2)19-23(21,22)13-5-3-12(4-6-13)18-15(20)11-7-8-17-14(16)9-11/h3-10,19H,1-2H3,(H,18,20). The molecule has 6 nitrogen and oxygen atoms in total. The summed E-state index contributed by atoms with van der Waals surface area (Å²) in [6.07, 6.45) is 1.44. The summed E-state index contributed by atoms with van der Waals surface area (Å²) in [5.74, 6) is -0.356. The molecule has 0 atom stereocenters. The number of pyridine rings is 1. The van der Waals surface area contributed by atoms with E-state index >= 15 is 0 Å². The van der Waals surface area contributed by atoms with Crippen molar-refractivity contribution < 1.29 is 13.2 Å². The lowest BCUT2D eigenvalue weighted by atomic mass is 10.2. The molecule has 0 aliphatic heterocycles. The molecule has 2 aromatic rings. The van der Waals surface area contributed by atoms with Crippen LogP contribution in [-0.2, 0) is 10.0 Å². The first kappa shape index (κ1) is 17.4. The molecule has 1 heterocycles. The zero-order valence-corrected chi connectivity index (χ0v) is 14.1. The first-order valence-electron chi connectivity index (χ1n) is 6.83. The average molecular weight is 354 g/mol. The summed E-state index contributed by atoms with van der Waals surface area (Å²) in [7, 11) is -3.55. The molecule has 0 aliphatic carbocycles. The molecule has 23 heavy (non-hydrogen) atoms. The van der Waals surface area contributed by atoms with Gasteiger partial charge in [0.15, 0.2) is 0 Å². The van der Waals surface area contributed by atoms with Crippen molar-refractivity contribution in [2.24, 2.45) is 0 Å². The fourth-order valence-electron chi connectivity index (χ4n) is 1.84. The number of nitrogens with zero attached hydrogens (tertiary/aromatic N) is 1. The van der Waals surface area contributed by atoms with Gasteiger partial charge in [0.2, 0.25) is 10.0 Å². The number of carbonyl (C=O) groups is 1. The van der Waals surface area contributed by atoms with Gasteiger partial charge in [-0.2, -0.15) is 0 Å². The van der Waals surface area contributed by atoms with Crippen molar-refractivity contribution >= 4 is 33.2 Å². The van der Waals surface area contributed by atoms with Gasteiger partial charge in [0.05, 0.1) is 4.90 Å². The summed E-state index contributed by atoms with van der Waals surface area (Å²) in [4.78, 5) is 16.0. The van der Waals surface area contributed by atoms with Crippen LogP contribution in [0.1, 0.15) is 24.2 Å². The molecular formula is C15H16ClN3O3S. The second-order valence-electron chi connectivity index (χ2n) is 5.12. The maximum absolute atomic E-state index is 12.1. The zero-order valence-electron chi connectivity index (χ0n) is 12.6. The van der Waals surface area contributed by atoms with Gasteiger partial charge in [-0.1, -0.05) is 11.6 Å². The van der Waals surface area contributed by atoms with Crippen LogP contribution in [0.25, 0.3) is 0 Å². The van der Waals surface area contributed by atoms with Crippen LogP contribution in [0.3, 0.4) is 0 Å². The third-order valence-corrected chi connectivity index (χ3v) is 4.68. The number of hydrogen-bond donors (Lipinski definition) is 2. The summed E-state index contributed by atoms with van der Waals surface area (Å²) in [5.41, 5.74) is 0.842. The van der Waals surface area contributed by atoms with E-state index in [4.69, 9.17) is 11.6 Å². The van der Waals surface area contributed by atoms with Crippen molar-refractivity contribution in [3.05, 3.63) is 53.3 Å². The summed E-state index contributed by atoms with van der Waals surface area (Å²) in [5, 5.41) is 2.89. The Bertz CT molecular complexity index is 805. The van der Waals surface area contributed by atoms with E-state index in [0.29, 0.717) is 11.3 Å². The van der Waals surface area contributed by atoms with Crippen LogP contribution >= 0.6 is 11.6 Å². The molecule has 2 N–H and O–H groups in total. The molecule has 0 unspecified atom stereocenters. The van der Waals surface area contributed by atoms with Crippen LogP contribution in [0.2, 0.25) is 5.15 Å². The maximum Gasteiger partial charge on any atom is 0.255 e. The first-order chi connectivity index (χ1) is 10.8. The number of rotatable bonds is 5. The fourth-order valence-corrected chi connectivity index (χ4v) is 3.27. The van der Waals surface area contributed by atoms with Gasteiger partial charge in [0, 0.05) is 23.5 Å². The Morgan fingerprint density at radius 1 is 1.17 bits per heavy atom. The smallest absolute Gasteiger partial charge is 0.255 e. The van der Waals surface area contributed by atoms with Gasteiger partial charge in [-0.15, -0.1) is 0 Å². The fraction of sp³-hybridized carbons (Fsp3) is 0.200. The Hall–Kier alpha value is -1.96. The van der Waals surface area contributed by atoms with Crippen molar-refractivity contribution in [2.75, 3.05) is 5.32 Å². The lowest BCUT2D eigenvalue weighted by Gasteiger charge is -2.10. The van der Waals surface area contributed by atoms with Crippen LogP contribution in [-0.4, -0.2) is 25.4 Å². The number of halogens is 1. The Morgan fingerprint density at radius 3 is 2.39 bits per heavy atom. The van der Waals surface area contributed by atoms with E-state index < -0.39 is 10.0 Å². The Kier molecular flexibility index (Phi) is 5.35. The van der Waals surface area contributed by atoms with Crippen molar-refractivity contribution in [3.63, 3.8) is 0 Å². The highest BCUT2D eigenvalue weighted by molar-refractivity contribution is 7.89. The van der Waals surface area contributed by atoms with Crippen molar-refractivity contribution in [1.82, 2.24) is 9.71 Å². The van der Waals surface area contributed by atoms with Gasteiger partial charge < -0.3 is 5.32 Å². The second kappa shape index (κ2) is 7.08. The number of aromatic nitrogens is 1. The third kappa shape index (κ3) is 4.75. The Morgan fingerprint density at radius 2 is 1.83 bits per heavy atom. The maximum atomic E-state index is 12.1. The number of benzene rings is 1. The predicted molar refractivity (Wildman–Crippen MR) is 89.1 cm³/mol. The topological polar surface area (TPSA) is 88.2 Å². The van der Waals surface area contributed by atoms with E-state index in [1.165, 1.54) is 42.6 Å². The van der Waals surface area contributed by atoms with E-state index in [-0.39, 0.29) is 22.0 Å². The monoisotopic (exact) mass is 353 g/mol. The lowest BCUT2D eigenvalue weighted by Crippen LogP contribution is -2.30. The largest absolute Gasteiger partial charge is 0.322 e. The number of anilines is 1. The van der Waals surface area contributed by atoms with Gasteiger partial charge in [0.1, 0.15) is 5.15 Å². The molecule has 0 aliphatic rings. The normalized spacial score (nSPS) is 11.5. The SMILES string of the molecule is CC(C)NS(=O)(=O)c1ccc(NC(=O)c2ccnc(Cl)c2)cc1. The molecule has 1 aromatic carbocycles. The van der Waals surface area contributed by atoms with E-state index in [1.54, 1.807) is 13.8 Å². The van der Waals surface area contributed by atoms with E-state index in [2.05, 4.69) is 15.0 Å². The molecule has 0 fully saturated rings. The minimum Gasteiger partial charge on any atom is -0.322 e. The van der Waals surface area contributed by atoms with Crippen LogP contribution in [0, 0.1) is 0 Å². The van der Waals surface area contributed by atoms with Gasteiger partial charge in [-0.05, 0) is 50.2 Å². The average Bonchev–Trinajstić information content (AvgIpc) is 2.46. The summed E-state index contributed by atoms with van der Waals surface area (Å²) < 4.78 is 26.5. The van der Waals surface area contributed by atoms with Gasteiger partial charge in [-0.3, -0.25) is 4.79 Å². The highest BCUT2D eigenvalue weighted by Gasteiger charge is 2.15. The number of nitrogens with one attached hydrogen (secondary N) is 2. The second-order valence-corrected chi connectivity index (χ2v) is 7.22. The third-order valence-electron chi connectivity index (χ3n) is 2.80. The quantitative estimate of drug-likeness (QED) is 0.809. The molecule has 0 saturated carbocycles. The van der Waals surface area contributed by atoms with Crippen molar-refractivity contribution in [2.45, 2.75) is 24.8 Å². The minimum absolute atomic E-state index is 0.135. The lowest BCUT2D eigenvalue weighted by molar-refractivity contribution is 0.102. The van der Waals surface area contributed by atoms with Gasteiger partial charge in [-0.25, -0.2) is 18.1 Å². The number of amides is 1. The van der Waals surface area contributed by atoms with Crippen LogP contribution < -0.4 is 10.0 Å². The highest BCUT2D eigenvalue weighted by atomic mass is 35.5. The van der Waals surface area contributed by atoms with Crippen LogP contribution in [0.4, 0.5) is 5.69 Å². The van der Waals surface area contributed by atoms with Crippen LogP contribution in [0.15, 0.2) is 47.5 Å². The molecule has 0 saturated heterocycles. The summed E-state index contributed by atoms with van der Waals surface area (Å²) >= 11 is 5.74. The van der Waals surface area contributed by atoms with Crippen molar-refractivity contribution in [3.8, 4) is 0 Å². The molecule has 0 radical (unpaired) electrons. The van der Waals surface area contributed by atoms with Crippen LogP contribution in [0.5, 0.6) is 0 Å². The summed E-state index contributed by atoms with van der Waals surface area (Å²) in [6.45, 7) is 3.48. The first-order valence-corrected chi connectivity index (χ1v) is 8.69. The highest BCUT2D eigenvalue weighted by Crippen LogP contribution is 2.16. The Balaban J connectivity index is 2.13. The zero-order chi connectivity index (χ0) is 17.0. The van der Waals surface area contributed by atoms with E-state index in [0.717, 1.165) is 0 Å². The molecular weight excluding hydrogens is 338 g/mol. The molecule has 8 heteroatoms. The molecule has 0 bridgehead atoms. The molecule has 2 rings (SSSR count). The van der Waals surface area contributed by atoms with E-state index in [1.807, 2.05) is 0 Å². The Labute approximate surface area is 139 Å². The predicted octanol–water partition coefficient (Wildman–Crippen LogP) is 2.67. The summed E-state index contributed by atoms with van der Waals surface area (Å²) in [6, 6.07) is 8.69. The number of sulfonamides is 1. The number of carbonyl (C=O) groups excluding carboxylic acids is 1. The minimum atomic E-state index is -3.55. The molecule has 122 valence electrons. The van der Waals surface area contributed by atoms with E-state index in [9.17, 15) is 13.2 Å². The molecule has 1 aromatic heterocycles. The molecule has 0 spiro atoms. The number of hydrogen-bond acceptors (Lipinski definition) is 4. The van der Waals surface area contributed by atoms with Gasteiger partial charge >= 0.3 is 0 Å².